The smallest absolute Gasteiger partial charge is 0.162 e. The molecule has 134 valence electrons. The Balaban J connectivity index is 1.82. The minimum atomic E-state index is 0.767. The maximum absolute atomic E-state index is 5.38. The first-order valence-corrected chi connectivity index (χ1v) is 9.01. The number of piperazine rings is 1. The van der Waals surface area contributed by atoms with E-state index >= 15 is 0 Å². The molecule has 2 aromatic carbocycles. The number of nitrogens with zero attached hydrogens (tertiary/aromatic N) is 4. The van der Waals surface area contributed by atoms with E-state index in [0.29, 0.717) is 0 Å². The van der Waals surface area contributed by atoms with Crippen molar-refractivity contribution in [2.24, 2.45) is 0 Å². The summed E-state index contributed by atoms with van der Waals surface area (Å²) in [5.41, 5.74) is 3.09. The van der Waals surface area contributed by atoms with E-state index in [2.05, 4.69) is 41.1 Å². The molecule has 0 radical (unpaired) electrons. The second-order valence-corrected chi connectivity index (χ2v) is 6.86. The fraction of sp³-hybridized carbons (Fsp3) is 0.333. The van der Waals surface area contributed by atoms with E-state index < -0.39 is 0 Å². The molecular weight excluding hydrogens is 324 g/mol. The fourth-order valence-corrected chi connectivity index (χ4v) is 3.47. The summed E-state index contributed by atoms with van der Waals surface area (Å²) in [6, 6.07) is 14.4. The van der Waals surface area contributed by atoms with Crippen LogP contribution in [0.1, 0.15) is 5.56 Å². The van der Waals surface area contributed by atoms with E-state index in [-0.39, 0.29) is 0 Å². The van der Waals surface area contributed by atoms with Gasteiger partial charge in [-0.05, 0) is 49.9 Å². The number of para-hydroxylation sites is 1. The zero-order valence-electron chi connectivity index (χ0n) is 15.6. The van der Waals surface area contributed by atoms with Gasteiger partial charge in [0.1, 0.15) is 11.6 Å². The van der Waals surface area contributed by atoms with Crippen molar-refractivity contribution in [3.8, 4) is 17.1 Å². The molecule has 1 aromatic heterocycles. The number of ether oxygens (including phenoxy) is 1. The SMILES string of the molecule is COc1ccc(-c2nc(N3CCN(C)CC3)c3ccccc3n2)cc1C. The average molecular weight is 348 g/mol. The minimum absolute atomic E-state index is 0.767. The molecule has 0 aliphatic carbocycles. The van der Waals surface area contributed by atoms with Gasteiger partial charge in [-0.15, -0.1) is 0 Å². The molecule has 26 heavy (non-hydrogen) atoms. The maximum atomic E-state index is 5.38. The van der Waals surface area contributed by atoms with Crippen LogP contribution < -0.4 is 9.64 Å². The summed E-state index contributed by atoms with van der Waals surface area (Å²) in [4.78, 5) is 14.5. The van der Waals surface area contributed by atoms with Crippen LogP contribution in [0.3, 0.4) is 0 Å². The molecule has 1 aliphatic heterocycles. The fourth-order valence-electron chi connectivity index (χ4n) is 3.47. The van der Waals surface area contributed by atoms with Crippen LogP contribution in [0, 0.1) is 6.92 Å². The Bertz CT molecular complexity index is 932. The van der Waals surface area contributed by atoms with Crippen molar-refractivity contribution < 1.29 is 4.74 Å². The summed E-state index contributed by atoms with van der Waals surface area (Å²) >= 11 is 0. The predicted molar refractivity (Wildman–Crippen MR) is 106 cm³/mol. The number of aromatic nitrogens is 2. The third-order valence-electron chi connectivity index (χ3n) is 5.04. The van der Waals surface area contributed by atoms with Gasteiger partial charge in [0.25, 0.3) is 0 Å². The topological polar surface area (TPSA) is 41.5 Å². The van der Waals surface area contributed by atoms with Crippen molar-refractivity contribution in [1.29, 1.82) is 0 Å². The van der Waals surface area contributed by atoms with Crippen LogP contribution in [-0.4, -0.2) is 55.2 Å². The van der Waals surface area contributed by atoms with E-state index in [1.54, 1.807) is 7.11 Å². The van der Waals surface area contributed by atoms with Crippen LogP contribution in [0.5, 0.6) is 5.75 Å². The Labute approximate surface area is 154 Å². The van der Waals surface area contributed by atoms with Gasteiger partial charge in [0, 0.05) is 37.1 Å². The van der Waals surface area contributed by atoms with Gasteiger partial charge in [-0.1, -0.05) is 12.1 Å². The van der Waals surface area contributed by atoms with Crippen molar-refractivity contribution in [2.45, 2.75) is 6.92 Å². The Morgan fingerprint density at radius 1 is 0.962 bits per heavy atom. The van der Waals surface area contributed by atoms with E-state index in [0.717, 1.165) is 65.6 Å². The Hall–Kier alpha value is -2.66. The van der Waals surface area contributed by atoms with Crippen molar-refractivity contribution >= 4 is 16.7 Å². The summed E-state index contributed by atoms with van der Waals surface area (Å²) in [7, 11) is 3.86. The van der Waals surface area contributed by atoms with Gasteiger partial charge in [-0.3, -0.25) is 0 Å². The first-order valence-electron chi connectivity index (χ1n) is 9.01. The van der Waals surface area contributed by atoms with Crippen molar-refractivity contribution in [3.05, 3.63) is 48.0 Å². The first-order chi connectivity index (χ1) is 12.7. The molecular formula is C21H24N4O. The molecule has 0 N–H and O–H groups in total. The molecule has 0 atom stereocenters. The van der Waals surface area contributed by atoms with Crippen LogP contribution in [0.15, 0.2) is 42.5 Å². The van der Waals surface area contributed by atoms with Crippen LogP contribution in [0.2, 0.25) is 0 Å². The van der Waals surface area contributed by atoms with Crippen LogP contribution in [-0.2, 0) is 0 Å². The van der Waals surface area contributed by atoms with Crippen LogP contribution in [0.25, 0.3) is 22.3 Å². The molecule has 0 unspecified atom stereocenters. The first kappa shape index (κ1) is 16.8. The largest absolute Gasteiger partial charge is 0.496 e. The molecule has 0 saturated carbocycles. The van der Waals surface area contributed by atoms with Crippen LogP contribution >= 0.6 is 0 Å². The molecule has 2 heterocycles. The lowest BCUT2D eigenvalue weighted by Crippen LogP contribution is -2.45. The lowest BCUT2D eigenvalue weighted by Gasteiger charge is -2.33. The number of methoxy groups -OCH3 is 1. The molecule has 5 heteroatoms. The summed E-state index contributed by atoms with van der Waals surface area (Å²) in [6.45, 7) is 6.12. The molecule has 0 bridgehead atoms. The summed E-state index contributed by atoms with van der Waals surface area (Å²) in [6.07, 6.45) is 0. The number of fused-ring (bicyclic) bond motifs is 1. The van der Waals surface area contributed by atoms with Gasteiger partial charge >= 0.3 is 0 Å². The van der Waals surface area contributed by atoms with E-state index in [9.17, 15) is 0 Å². The molecule has 1 aliphatic rings. The molecule has 0 spiro atoms. The summed E-state index contributed by atoms with van der Waals surface area (Å²) in [5.74, 6) is 2.68. The number of rotatable bonds is 3. The van der Waals surface area contributed by atoms with Gasteiger partial charge < -0.3 is 14.5 Å². The highest BCUT2D eigenvalue weighted by atomic mass is 16.5. The average Bonchev–Trinajstić information content (AvgIpc) is 2.67. The molecule has 0 amide bonds. The predicted octanol–water partition coefficient (Wildman–Crippen LogP) is 3.37. The monoisotopic (exact) mass is 348 g/mol. The molecule has 3 aromatic rings. The van der Waals surface area contributed by atoms with Gasteiger partial charge in [0.15, 0.2) is 5.82 Å². The normalized spacial score (nSPS) is 15.4. The van der Waals surface area contributed by atoms with Gasteiger partial charge in [-0.25, -0.2) is 9.97 Å². The summed E-state index contributed by atoms with van der Waals surface area (Å²) in [5, 5.41) is 1.12. The quantitative estimate of drug-likeness (QED) is 0.726. The highest BCUT2D eigenvalue weighted by molar-refractivity contribution is 5.91. The van der Waals surface area contributed by atoms with Gasteiger partial charge in [-0.2, -0.15) is 0 Å². The number of aryl methyl sites for hydroxylation is 1. The van der Waals surface area contributed by atoms with Crippen molar-refractivity contribution in [2.75, 3.05) is 45.2 Å². The second-order valence-electron chi connectivity index (χ2n) is 6.86. The van der Waals surface area contributed by atoms with Gasteiger partial charge in [0.05, 0.1) is 12.6 Å². The zero-order chi connectivity index (χ0) is 18.1. The van der Waals surface area contributed by atoms with E-state index in [1.807, 2.05) is 25.1 Å². The van der Waals surface area contributed by atoms with E-state index in [4.69, 9.17) is 14.7 Å². The molecule has 1 saturated heterocycles. The van der Waals surface area contributed by atoms with Crippen molar-refractivity contribution in [3.63, 3.8) is 0 Å². The van der Waals surface area contributed by atoms with Gasteiger partial charge in [0.2, 0.25) is 0 Å². The minimum Gasteiger partial charge on any atom is -0.496 e. The Morgan fingerprint density at radius 3 is 2.46 bits per heavy atom. The Morgan fingerprint density at radius 2 is 1.73 bits per heavy atom. The molecule has 4 rings (SSSR count). The molecule has 5 nitrogen and oxygen atoms in total. The number of anilines is 1. The highest BCUT2D eigenvalue weighted by Gasteiger charge is 2.19. The molecule has 1 fully saturated rings. The maximum Gasteiger partial charge on any atom is 0.162 e. The summed E-state index contributed by atoms with van der Waals surface area (Å²) < 4.78 is 5.38. The number of hydrogen-bond donors (Lipinski definition) is 0. The van der Waals surface area contributed by atoms with E-state index in [1.165, 1.54) is 0 Å². The highest BCUT2D eigenvalue weighted by Crippen LogP contribution is 2.30. The lowest BCUT2D eigenvalue weighted by atomic mass is 10.1. The number of likely N-dealkylation sites (N-methyl/N-ethyl adjacent to an activating group) is 1. The standard InChI is InChI=1S/C21H24N4O/c1-15-14-16(8-9-19(15)26-3)20-22-18-7-5-4-6-17(18)21(23-20)25-12-10-24(2)11-13-25/h4-9,14H,10-13H2,1-3H3. The third kappa shape index (κ3) is 3.10. The third-order valence-corrected chi connectivity index (χ3v) is 5.04. The second kappa shape index (κ2) is 6.92. The number of hydrogen-bond acceptors (Lipinski definition) is 5. The number of benzene rings is 2. The van der Waals surface area contributed by atoms with Crippen LogP contribution in [0.4, 0.5) is 5.82 Å². The van der Waals surface area contributed by atoms with Crippen molar-refractivity contribution in [1.82, 2.24) is 14.9 Å². The zero-order valence-corrected chi connectivity index (χ0v) is 15.6. The lowest BCUT2D eigenvalue weighted by molar-refractivity contribution is 0.312. The Kier molecular flexibility index (Phi) is 4.47.